The summed E-state index contributed by atoms with van der Waals surface area (Å²) in [6.07, 6.45) is 0.440. The number of carbonyl (C=O) groups excluding carboxylic acids is 1. The quantitative estimate of drug-likeness (QED) is 0.692. The summed E-state index contributed by atoms with van der Waals surface area (Å²) in [7, 11) is 0. The van der Waals surface area contributed by atoms with Crippen LogP contribution in [0.5, 0.6) is 0 Å². The minimum absolute atomic E-state index is 0.0343. The van der Waals surface area contributed by atoms with E-state index in [-0.39, 0.29) is 11.9 Å². The lowest BCUT2D eigenvalue weighted by Gasteiger charge is -2.12. The molecule has 0 spiro atoms. The molecular weight excluding hydrogens is 286 g/mol. The number of para-hydroxylation sites is 1. The van der Waals surface area contributed by atoms with E-state index < -0.39 is 0 Å². The van der Waals surface area contributed by atoms with Crippen LogP contribution in [0.2, 0.25) is 0 Å². The Morgan fingerprint density at radius 1 is 1.17 bits per heavy atom. The van der Waals surface area contributed by atoms with Gasteiger partial charge in [-0.3, -0.25) is 4.79 Å². The summed E-state index contributed by atoms with van der Waals surface area (Å²) in [4.78, 5) is 15.8. The first-order valence-corrected chi connectivity index (χ1v) is 7.91. The van der Waals surface area contributed by atoms with Crippen molar-refractivity contribution in [2.24, 2.45) is 0 Å². The summed E-state index contributed by atoms with van der Waals surface area (Å²) >= 11 is 0. The molecule has 4 nitrogen and oxygen atoms in total. The van der Waals surface area contributed by atoms with Crippen molar-refractivity contribution in [3.05, 3.63) is 65.4 Å². The number of aryl methyl sites for hydroxylation is 1. The van der Waals surface area contributed by atoms with Gasteiger partial charge in [-0.25, -0.2) is 0 Å². The standard InChI is InChI=1S/C19H19N3O/c1-12-19(15-8-4-5-9-16(15)21-12)22-18(23)10-17-14-7-3-2-6-13(14)11-20-17/h2-9,17,20-21H,10-11H2,1H3,(H,22,23). The molecule has 0 fully saturated rings. The summed E-state index contributed by atoms with van der Waals surface area (Å²) in [6.45, 7) is 2.82. The second-order valence-electron chi connectivity index (χ2n) is 6.06. The Morgan fingerprint density at radius 2 is 1.96 bits per heavy atom. The van der Waals surface area contributed by atoms with Gasteiger partial charge < -0.3 is 15.6 Å². The Morgan fingerprint density at radius 3 is 2.87 bits per heavy atom. The number of rotatable bonds is 3. The number of aromatic amines is 1. The van der Waals surface area contributed by atoms with Crippen molar-refractivity contribution in [2.75, 3.05) is 5.32 Å². The number of fused-ring (bicyclic) bond motifs is 2. The molecule has 1 aromatic heterocycles. The van der Waals surface area contributed by atoms with Crippen LogP contribution in [-0.2, 0) is 11.3 Å². The summed E-state index contributed by atoms with van der Waals surface area (Å²) < 4.78 is 0. The van der Waals surface area contributed by atoms with Crippen LogP contribution in [0, 0.1) is 6.92 Å². The number of benzene rings is 2. The molecular formula is C19H19N3O. The highest BCUT2D eigenvalue weighted by Gasteiger charge is 2.24. The van der Waals surface area contributed by atoms with E-state index in [1.165, 1.54) is 11.1 Å². The van der Waals surface area contributed by atoms with Crippen LogP contribution in [0.4, 0.5) is 5.69 Å². The van der Waals surface area contributed by atoms with E-state index in [1.807, 2.05) is 43.3 Å². The van der Waals surface area contributed by atoms with Gasteiger partial charge in [0.2, 0.25) is 5.91 Å². The van der Waals surface area contributed by atoms with Gasteiger partial charge in [-0.05, 0) is 24.1 Å². The molecule has 3 aromatic rings. The molecule has 2 aromatic carbocycles. The van der Waals surface area contributed by atoms with Crippen LogP contribution < -0.4 is 10.6 Å². The van der Waals surface area contributed by atoms with Gasteiger partial charge in [0, 0.05) is 35.6 Å². The summed E-state index contributed by atoms with van der Waals surface area (Å²) in [5, 5.41) is 7.55. The van der Waals surface area contributed by atoms with Crippen molar-refractivity contribution in [1.29, 1.82) is 0 Å². The second-order valence-corrected chi connectivity index (χ2v) is 6.06. The smallest absolute Gasteiger partial charge is 0.226 e. The van der Waals surface area contributed by atoms with Gasteiger partial charge in [-0.1, -0.05) is 42.5 Å². The Labute approximate surface area is 134 Å². The molecule has 1 aliphatic rings. The zero-order valence-corrected chi connectivity index (χ0v) is 13.0. The number of hydrogen-bond donors (Lipinski definition) is 3. The fourth-order valence-corrected chi connectivity index (χ4v) is 3.37. The van der Waals surface area contributed by atoms with Gasteiger partial charge in [0.15, 0.2) is 0 Å². The normalized spacial score (nSPS) is 16.5. The van der Waals surface area contributed by atoms with Crippen LogP contribution in [0.1, 0.15) is 29.3 Å². The minimum atomic E-state index is 0.0343. The van der Waals surface area contributed by atoms with Crippen molar-refractivity contribution in [1.82, 2.24) is 10.3 Å². The second kappa shape index (κ2) is 5.56. The topological polar surface area (TPSA) is 56.9 Å². The molecule has 116 valence electrons. The molecule has 4 heteroatoms. The van der Waals surface area contributed by atoms with E-state index in [1.54, 1.807) is 0 Å². The predicted molar refractivity (Wildman–Crippen MR) is 92.3 cm³/mol. The van der Waals surface area contributed by atoms with Crippen molar-refractivity contribution in [2.45, 2.75) is 25.9 Å². The highest BCUT2D eigenvalue weighted by Crippen LogP contribution is 2.30. The number of hydrogen-bond acceptors (Lipinski definition) is 2. The Hall–Kier alpha value is -2.59. The van der Waals surface area contributed by atoms with Crippen molar-refractivity contribution in [3.8, 4) is 0 Å². The number of carbonyl (C=O) groups is 1. The summed E-state index contributed by atoms with van der Waals surface area (Å²) in [6, 6.07) is 16.4. The largest absolute Gasteiger partial charge is 0.357 e. The first-order valence-electron chi connectivity index (χ1n) is 7.91. The Balaban J connectivity index is 1.53. The molecule has 23 heavy (non-hydrogen) atoms. The molecule has 0 bridgehead atoms. The van der Waals surface area contributed by atoms with E-state index in [0.717, 1.165) is 28.8 Å². The van der Waals surface area contributed by atoms with Crippen LogP contribution in [0.25, 0.3) is 10.9 Å². The lowest BCUT2D eigenvalue weighted by molar-refractivity contribution is -0.116. The molecule has 0 saturated carbocycles. The maximum atomic E-state index is 12.5. The number of H-pyrrole nitrogens is 1. The fourth-order valence-electron chi connectivity index (χ4n) is 3.37. The van der Waals surface area contributed by atoms with Crippen LogP contribution in [0.15, 0.2) is 48.5 Å². The third kappa shape index (κ3) is 2.51. The monoisotopic (exact) mass is 305 g/mol. The van der Waals surface area contributed by atoms with Gasteiger partial charge in [0.05, 0.1) is 5.69 Å². The zero-order valence-electron chi connectivity index (χ0n) is 13.0. The number of aromatic nitrogens is 1. The van der Waals surface area contributed by atoms with Gasteiger partial charge in [-0.15, -0.1) is 0 Å². The lowest BCUT2D eigenvalue weighted by atomic mass is 10.0. The van der Waals surface area contributed by atoms with Gasteiger partial charge in [0.25, 0.3) is 0 Å². The average Bonchev–Trinajstić information content (AvgIpc) is 3.10. The number of amides is 1. The van der Waals surface area contributed by atoms with Gasteiger partial charge >= 0.3 is 0 Å². The predicted octanol–water partition coefficient (Wildman–Crippen LogP) is 3.65. The molecule has 1 aliphatic heterocycles. The molecule has 4 rings (SSSR count). The van der Waals surface area contributed by atoms with Gasteiger partial charge in [0.1, 0.15) is 0 Å². The maximum absolute atomic E-state index is 12.5. The van der Waals surface area contributed by atoms with Gasteiger partial charge in [-0.2, -0.15) is 0 Å². The van der Waals surface area contributed by atoms with Crippen molar-refractivity contribution >= 4 is 22.5 Å². The van der Waals surface area contributed by atoms with Crippen molar-refractivity contribution < 1.29 is 4.79 Å². The van der Waals surface area contributed by atoms with E-state index in [9.17, 15) is 4.79 Å². The van der Waals surface area contributed by atoms with Crippen LogP contribution >= 0.6 is 0 Å². The minimum Gasteiger partial charge on any atom is -0.357 e. The molecule has 0 saturated heterocycles. The third-order valence-corrected chi connectivity index (χ3v) is 4.52. The lowest BCUT2D eigenvalue weighted by Crippen LogP contribution is -2.21. The average molecular weight is 305 g/mol. The summed E-state index contributed by atoms with van der Waals surface area (Å²) in [5.74, 6) is 0.0343. The first-order chi connectivity index (χ1) is 11.2. The molecule has 3 N–H and O–H groups in total. The molecule has 0 aliphatic carbocycles. The van der Waals surface area contributed by atoms with E-state index in [0.29, 0.717) is 6.42 Å². The molecule has 1 amide bonds. The molecule has 2 heterocycles. The summed E-state index contributed by atoms with van der Waals surface area (Å²) in [5.41, 5.74) is 5.44. The maximum Gasteiger partial charge on any atom is 0.226 e. The SMILES string of the molecule is Cc1[nH]c2ccccc2c1NC(=O)CC1NCc2ccccc21. The zero-order chi connectivity index (χ0) is 15.8. The molecule has 1 atom stereocenters. The third-order valence-electron chi connectivity index (χ3n) is 4.52. The number of anilines is 1. The first kappa shape index (κ1) is 14.0. The van der Waals surface area contributed by atoms with E-state index in [2.05, 4.69) is 27.8 Å². The van der Waals surface area contributed by atoms with Crippen LogP contribution in [0.3, 0.4) is 0 Å². The fraction of sp³-hybridized carbons (Fsp3) is 0.211. The van der Waals surface area contributed by atoms with Crippen molar-refractivity contribution in [3.63, 3.8) is 0 Å². The Kier molecular flexibility index (Phi) is 3.39. The van der Waals surface area contributed by atoms with Crippen LogP contribution in [-0.4, -0.2) is 10.9 Å². The Bertz CT molecular complexity index is 881. The van der Waals surface area contributed by atoms with E-state index >= 15 is 0 Å². The van der Waals surface area contributed by atoms with E-state index in [4.69, 9.17) is 0 Å². The number of nitrogens with one attached hydrogen (secondary N) is 3. The highest BCUT2D eigenvalue weighted by molar-refractivity contribution is 6.03. The molecule has 1 unspecified atom stereocenters. The highest BCUT2D eigenvalue weighted by atomic mass is 16.1. The molecule has 0 radical (unpaired) electrons.